The van der Waals surface area contributed by atoms with Crippen molar-refractivity contribution < 1.29 is 4.79 Å². The van der Waals surface area contributed by atoms with Crippen molar-refractivity contribution in [2.24, 2.45) is 0 Å². The summed E-state index contributed by atoms with van der Waals surface area (Å²) < 4.78 is 0. The third kappa shape index (κ3) is 3.90. The Morgan fingerprint density at radius 2 is 1.52 bits per heavy atom. The molecule has 0 radical (unpaired) electrons. The lowest BCUT2D eigenvalue weighted by atomic mass is 10.1. The standard InChI is InChI=1S/C19H23N3O/c1-2-21-12-14-22(15-13-21)19(23)20-18-10-8-17(9-11-18)16-6-4-3-5-7-16/h3-11H,2,12-15H2,1H3,(H,20,23). The van der Waals surface area contributed by atoms with E-state index in [4.69, 9.17) is 0 Å². The molecule has 0 aliphatic carbocycles. The molecular weight excluding hydrogens is 286 g/mol. The lowest BCUT2D eigenvalue weighted by Gasteiger charge is -2.33. The van der Waals surface area contributed by atoms with E-state index in [1.807, 2.05) is 47.4 Å². The van der Waals surface area contributed by atoms with Gasteiger partial charge in [0.15, 0.2) is 0 Å². The number of rotatable bonds is 3. The molecule has 4 nitrogen and oxygen atoms in total. The number of carbonyl (C=O) groups is 1. The fourth-order valence-corrected chi connectivity index (χ4v) is 2.85. The Balaban J connectivity index is 1.59. The summed E-state index contributed by atoms with van der Waals surface area (Å²) >= 11 is 0. The molecule has 1 aliphatic rings. The molecule has 0 aromatic heterocycles. The number of nitrogens with one attached hydrogen (secondary N) is 1. The molecule has 2 amide bonds. The molecule has 1 saturated heterocycles. The van der Waals surface area contributed by atoms with Crippen LogP contribution in [0.3, 0.4) is 0 Å². The van der Waals surface area contributed by atoms with Crippen molar-refractivity contribution in [1.82, 2.24) is 9.80 Å². The monoisotopic (exact) mass is 309 g/mol. The van der Waals surface area contributed by atoms with Gasteiger partial charge in [-0.1, -0.05) is 49.4 Å². The molecule has 23 heavy (non-hydrogen) atoms. The van der Waals surface area contributed by atoms with E-state index >= 15 is 0 Å². The third-order valence-corrected chi connectivity index (χ3v) is 4.35. The predicted molar refractivity (Wildman–Crippen MR) is 94.6 cm³/mol. The van der Waals surface area contributed by atoms with Crippen molar-refractivity contribution in [1.29, 1.82) is 0 Å². The zero-order chi connectivity index (χ0) is 16.1. The van der Waals surface area contributed by atoms with Gasteiger partial charge in [0.25, 0.3) is 0 Å². The molecule has 0 spiro atoms. The van der Waals surface area contributed by atoms with Crippen molar-refractivity contribution in [3.63, 3.8) is 0 Å². The molecule has 0 unspecified atom stereocenters. The second-order valence-electron chi connectivity index (χ2n) is 5.79. The van der Waals surface area contributed by atoms with Gasteiger partial charge in [0.2, 0.25) is 0 Å². The van der Waals surface area contributed by atoms with Crippen LogP contribution >= 0.6 is 0 Å². The van der Waals surface area contributed by atoms with Gasteiger partial charge in [-0.15, -0.1) is 0 Å². The van der Waals surface area contributed by atoms with E-state index < -0.39 is 0 Å². The smallest absolute Gasteiger partial charge is 0.321 e. The molecule has 2 aromatic rings. The number of piperazine rings is 1. The lowest BCUT2D eigenvalue weighted by molar-refractivity contribution is 0.151. The Bertz CT molecular complexity index is 631. The summed E-state index contributed by atoms with van der Waals surface area (Å²) in [5, 5.41) is 2.99. The lowest BCUT2D eigenvalue weighted by Crippen LogP contribution is -2.49. The second-order valence-corrected chi connectivity index (χ2v) is 5.79. The van der Waals surface area contributed by atoms with Gasteiger partial charge in [0.05, 0.1) is 0 Å². The minimum Gasteiger partial charge on any atom is -0.322 e. The SMILES string of the molecule is CCN1CCN(C(=O)Nc2ccc(-c3ccccc3)cc2)CC1. The number of nitrogens with zero attached hydrogens (tertiary/aromatic N) is 2. The first-order chi connectivity index (χ1) is 11.3. The van der Waals surface area contributed by atoms with E-state index in [1.54, 1.807) is 0 Å². The topological polar surface area (TPSA) is 35.6 Å². The highest BCUT2D eigenvalue weighted by Gasteiger charge is 2.19. The quantitative estimate of drug-likeness (QED) is 0.941. The van der Waals surface area contributed by atoms with Crippen LogP contribution in [0.25, 0.3) is 11.1 Å². The summed E-state index contributed by atoms with van der Waals surface area (Å²) in [6.07, 6.45) is 0. The van der Waals surface area contributed by atoms with Crippen molar-refractivity contribution in [3.8, 4) is 11.1 Å². The Hall–Kier alpha value is -2.33. The maximum Gasteiger partial charge on any atom is 0.321 e. The average molecular weight is 309 g/mol. The molecule has 3 rings (SSSR count). The Morgan fingerprint density at radius 1 is 0.913 bits per heavy atom. The summed E-state index contributed by atoms with van der Waals surface area (Å²) in [4.78, 5) is 16.6. The minimum absolute atomic E-state index is 0.00628. The van der Waals surface area contributed by atoms with Gasteiger partial charge in [-0.05, 0) is 29.8 Å². The van der Waals surface area contributed by atoms with Crippen molar-refractivity contribution in [3.05, 3.63) is 54.6 Å². The van der Waals surface area contributed by atoms with Crippen LogP contribution in [-0.2, 0) is 0 Å². The van der Waals surface area contributed by atoms with Gasteiger partial charge in [-0.3, -0.25) is 0 Å². The van der Waals surface area contributed by atoms with Gasteiger partial charge in [-0.2, -0.15) is 0 Å². The van der Waals surface area contributed by atoms with Gasteiger partial charge >= 0.3 is 6.03 Å². The van der Waals surface area contributed by atoms with E-state index in [0.717, 1.165) is 44.0 Å². The molecule has 1 N–H and O–H groups in total. The molecule has 1 fully saturated rings. The minimum atomic E-state index is -0.00628. The number of hydrogen-bond acceptors (Lipinski definition) is 2. The Morgan fingerprint density at radius 3 is 2.13 bits per heavy atom. The molecule has 0 saturated carbocycles. The van der Waals surface area contributed by atoms with E-state index in [2.05, 4.69) is 29.3 Å². The molecule has 0 atom stereocenters. The van der Waals surface area contributed by atoms with Gasteiger partial charge in [0, 0.05) is 31.9 Å². The van der Waals surface area contributed by atoms with E-state index in [1.165, 1.54) is 5.56 Å². The summed E-state index contributed by atoms with van der Waals surface area (Å²) in [5.74, 6) is 0. The number of carbonyl (C=O) groups excluding carboxylic acids is 1. The summed E-state index contributed by atoms with van der Waals surface area (Å²) in [5.41, 5.74) is 3.17. The van der Waals surface area contributed by atoms with Gasteiger partial charge in [-0.25, -0.2) is 4.79 Å². The van der Waals surface area contributed by atoms with Crippen LogP contribution < -0.4 is 5.32 Å². The second kappa shape index (κ2) is 7.29. The summed E-state index contributed by atoms with van der Waals surface area (Å²) in [6.45, 7) is 6.71. The van der Waals surface area contributed by atoms with E-state index in [-0.39, 0.29) is 6.03 Å². The first-order valence-corrected chi connectivity index (χ1v) is 8.20. The Kier molecular flexibility index (Phi) is 4.93. The fraction of sp³-hybridized carbons (Fsp3) is 0.316. The van der Waals surface area contributed by atoms with Crippen LogP contribution in [0.2, 0.25) is 0 Å². The number of hydrogen-bond donors (Lipinski definition) is 1. The molecule has 2 aromatic carbocycles. The van der Waals surface area contributed by atoms with Crippen molar-refractivity contribution in [2.45, 2.75) is 6.92 Å². The molecule has 4 heteroatoms. The highest BCUT2D eigenvalue weighted by Crippen LogP contribution is 2.21. The third-order valence-electron chi connectivity index (χ3n) is 4.35. The number of benzene rings is 2. The molecule has 1 aliphatic heterocycles. The van der Waals surface area contributed by atoms with Crippen molar-refractivity contribution >= 4 is 11.7 Å². The van der Waals surface area contributed by atoms with Crippen LogP contribution in [0, 0.1) is 0 Å². The highest BCUT2D eigenvalue weighted by atomic mass is 16.2. The molecule has 120 valence electrons. The molecule has 0 bridgehead atoms. The zero-order valence-corrected chi connectivity index (χ0v) is 13.5. The van der Waals surface area contributed by atoms with Crippen LogP contribution in [-0.4, -0.2) is 48.6 Å². The van der Waals surface area contributed by atoms with Crippen molar-refractivity contribution in [2.75, 3.05) is 38.0 Å². The van der Waals surface area contributed by atoms with Crippen LogP contribution in [0.15, 0.2) is 54.6 Å². The largest absolute Gasteiger partial charge is 0.322 e. The highest BCUT2D eigenvalue weighted by molar-refractivity contribution is 5.89. The van der Waals surface area contributed by atoms with Gasteiger partial charge < -0.3 is 15.1 Å². The van der Waals surface area contributed by atoms with E-state index in [9.17, 15) is 4.79 Å². The summed E-state index contributed by atoms with van der Waals surface area (Å²) in [7, 11) is 0. The van der Waals surface area contributed by atoms with Crippen LogP contribution in [0.4, 0.5) is 10.5 Å². The molecule has 1 heterocycles. The Labute approximate surface area is 137 Å². The first-order valence-electron chi connectivity index (χ1n) is 8.20. The van der Waals surface area contributed by atoms with Gasteiger partial charge in [0.1, 0.15) is 0 Å². The number of anilines is 1. The number of amides is 2. The van der Waals surface area contributed by atoms with Crippen LogP contribution in [0.1, 0.15) is 6.92 Å². The number of likely N-dealkylation sites (N-methyl/N-ethyl adjacent to an activating group) is 1. The maximum absolute atomic E-state index is 12.3. The van der Waals surface area contributed by atoms with Crippen LogP contribution in [0.5, 0.6) is 0 Å². The number of urea groups is 1. The fourth-order valence-electron chi connectivity index (χ4n) is 2.85. The normalized spacial score (nSPS) is 15.4. The average Bonchev–Trinajstić information content (AvgIpc) is 2.63. The summed E-state index contributed by atoms with van der Waals surface area (Å²) in [6, 6.07) is 18.2. The molecular formula is C19H23N3O. The predicted octanol–water partition coefficient (Wildman–Crippen LogP) is 3.52. The van der Waals surface area contributed by atoms with E-state index in [0.29, 0.717) is 0 Å². The zero-order valence-electron chi connectivity index (χ0n) is 13.5. The maximum atomic E-state index is 12.3. The first kappa shape index (κ1) is 15.6.